The lowest BCUT2D eigenvalue weighted by molar-refractivity contribution is 0.612. The summed E-state index contributed by atoms with van der Waals surface area (Å²) in [4.78, 5) is 35.3. The Bertz CT molecular complexity index is 2650. The van der Waals surface area contributed by atoms with Crippen LogP contribution in [0.2, 0.25) is 0 Å². The Labute approximate surface area is 261 Å². The Hall–Kier alpha value is -8.24. The van der Waals surface area contributed by atoms with Gasteiger partial charge in [-0.1, -0.05) is 12.1 Å². The fourth-order valence-electron chi connectivity index (χ4n) is 4.81. The van der Waals surface area contributed by atoms with Gasteiger partial charge in [-0.25, -0.2) is 39.9 Å². The zero-order valence-corrected chi connectivity index (χ0v) is 23.3. The highest BCUT2D eigenvalue weighted by atomic mass is 16.3. The van der Waals surface area contributed by atoms with E-state index in [1.54, 1.807) is 60.7 Å². The molecule has 0 amide bonds. The second kappa shape index (κ2) is 10.8. The third-order valence-corrected chi connectivity index (χ3v) is 6.92. The smallest absolute Gasteiger partial charge is 0.266 e. The molecule has 0 unspecified atom stereocenters. The average molecular weight is 605 g/mol. The lowest BCUT2D eigenvalue weighted by Gasteiger charge is -2.08. The van der Waals surface area contributed by atoms with E-state index in [1.165, 1.54) is 12.1 Å². The van der Waals surface area contributed by atoms with Gasteiger partial charge in [0.05, 0.1) is 21.8 Å². The maximum absolute atomic E-state index is 10.2. The molecular formula is C32H8N14O. The van der Waals surface area contributed by atoms with Gasteiger partial charge in [-0.3, -0.25) is 0 Å². The van der Waals surface area contributed by atoms with Crippen molar-refractivity contribution in [1.29, 1.82) is 31.6 Å². The van der Waals surface area contributed by atoms with E-state index in [0.717, 1.165) is 0 Å². The molecule has 0 saturated carbocycles. The first-order valence-corrected chi connectivity index (χ1v) is 13.2. The van der Waals surface area contributed by atoms with E-state index in [1.807, 2.05) is 0 Å². The average Bonchev–Trinajstić information content (AvgIpc) is 3.85. The second-order valence-electron chi connectivity index (χ2n) is 9.52. The number of fused-ring (bicyclic) bond motifs is 3. The molecule has 0 N–H and O–H groups in total. The van der Waals surface area contributed by atoms with Crippen LogP contribution in [0, 0.1) is 68.0 Å². The number of benzene rings is 3. The highest BCUT2D eigenvalue weighted by Crippen LogP contribution is 2.28. The Morgan fingerprint density at radius 2 is 1.02 bits per heavy atom. The van der Waals surface area contributed by atoms with Crippen LogP contribution in [0.4, 0.5) is 0 Å². The Balaban J connectivity index is 1.51. The lowest BCUT2D eigenvalue weighted by Crippen LogP contribution is -2.26. The topological polar surface area (TPSA) is 257 Å². The van der Waals surface area contributed by atoms with E-state index in [2.05, 4.69) is 52.0 Å². The molecule has 5 aromatic rings. The van der Waals surface area contributed by atoms with Crippen molar-refractivity contribution in [1.82, 2.24) is 19.9 Å². The summed E-state index contributed by atoms with van der Waals surface area (Å²) in [6, 6.07) is 24.3. The van der Waals surface area contributed by atoms with Crippen LogP contribution in [0.25, 0.3) is 45.6 Å². The zero-order valence-electron chi connectivity index (χ0n) is 23.3. The van der Waals surface area contributed by atoms with E-state index in [-0.39, 0.29) is 89.8 Å². The van der Waals surface area contributed by atoms with Gasteiger partial charge in [0.15, 0.2) is 40.0 Å². The first-order valence-electron chi connectivity index (χ1n) is 13.2. The summed E-state index contributed by atoms with van der Waals surface area (Å²) in [5.41, 5.74) is 0.798. The van der Waals surface area contributed by atoms with Crippen LogP contribution in [-0.4, -0.2) is 19.9 Å². The van der Waals surface area contributed by atoms with Crippen molar-refractivity contribution in [2.45, 2.75) is 0 Å². The summed E-state index contributed by atoms with van der Waals surface area (Å²) in [6.07, 6.45) is 0. The molecule has 2 aromatic heterocycles. The van der Waals surface area contributed by atoms with Gasteiger partial charge in [-0.15, -0.1) is 0 Å². The summed E-state index contributed by atoms with van der Waals surface area (Å²) in [5, 5.41) is 58.4. The van der Waals surface area contributed by atoms with Gasteiger partial charge in [0.2, 0.25) is 5.82 Å². The van der Waals surface area contributed by atoms with Gasteiger partial charge >= 0.3 is 0 Å². The van der Waals surface area contributed by atoms with Crippen molar-refractivity contribution in [3.63, 3.8) is 0 Å². The standard InChI is InChI=1S/C32H8N14O/c33-9-15(10-34)27-39-22-7-5-17(19(13-37)25(22)42-27)29-44-30(46-31(45-29)32-41-21-3-1-2-4-24(21)47-32)18-6-8-23-26(20(18)14-38)43-28(40-23)16(11-35)12-36/h1-8H. The number of aromatic nitrogens is 4. The number of oxazole rings is 1. The minimum absolute atomic E-state index is 0.00993. The van der Waals surface area contributed by atoms with Gasteiger partial charge in [-0.2, -0.15) is 31.6 Å². The van der Waals surface area contributed by atoms with Crippen molar-refractivity contribution < 1.29 is 4.42 Å². The van der Waals surface area contributed by atoms with Crippen LogP contribution in [0.3, 0.4) is 0 Å². The first-order chi connectivity index (χ1) is 23.0. The molecule has 0 aliphatic carbocycles. The van der Waals surface area contributed by atoms with Gasteiger partial charge in [0.1, 0.15) is 52.6 Å². The summed E-state index contributed by atoms with van der Waals surface area (Å²) >= 11 is 0. The lowest BCUT2D eigenvalue weighted by atomic mass is 10.0. The van der Waals surface area contributed by atoms with Crippen LogP contribution in [0.15, 0.2) is 95.7 Å². The molecule has 0 saturated heterocycles. The normalized spacial score (nSPS) is 11.9. The van der Waals surface area contributed by atoms with Crippen LogP contribution in [0.1, 0.15) is 11.1 Å². The van der Waals surface area contributed by atoms with Crippen molar-refractivity contribution in [3.05, 3.63) is 104 Å². The summed E-state index contributed by atoms with van der Waals surface area (Å²) in [7, 11) is 0. The molecule has 4 heterocycles. The summed E-state index contributed by atoms with van der Waals surface area (Å²) in [5.74, 6) is -0.266. The Morgan fingerprint density at radius 1 is 0.532 bits per heavy atom. The quantitative estimate of drug-likeness (QED) is 0.268. The second-order valence-corrected chi connectivity index (χ2v) is 9.52. The Kier molecular flexibility index (Phi) is 6.33. The fourth-order valence-corrected chi connectivity index (χ4v) is 4.81. The number of para-hydroxylation sites is 2. The predicted molar refractivity (Wildman–Crippen MR) is 154 cm³/mol. The van der Waals surface area contributed by atoms with Crippen LogP contribution in [0.5, 0.6) is 0 Å². The fraction of sp³-hybridized carbons (Fsp3) is 0. The SMILES string of the molecule is N#CC(C#N)=C1N=c2ccc(-c3nc(-c4nc5ccccc5o4)nc(-c4ccc5c(c4C#N)=NC(=C(C#N)C#N)N=5)n3)c(C#N)c2=N1. The molecule has 2 aliphatic heterocycles. The molecule has 15 nitrogen and oxygen atoms in total. The van der Waals surface area contributed by atoms with Crippen molar-refractivity contribution in [2.75, 3.05) is 0 Å². The van der Waals surface area contributed by atoms with E-state index in [9.17, 15) is 31.6 Å². The Morgan fingerprint density at radius 3 is 1.49 bits per heavy atom. The first kappa shape index (κ1) is 27.6. The molecule has 212 valence electrons. The highest BCUT2D eigenvalue weighted by Gasteiger charge is 2.23. The molecule has 0 spiro atoms. The number of hydrogen-bond donors (Lipinski definition) is 0. The molecular weight excluding hydrogens is 596 g/mol. The van der Waals surface area contributed by atoms with Crippen molar-refractivity contribution in [2.24, 2.45) is 20.0 Å². The minimum Gasteiger partial charge on any atom is -0.434 e. The predicted octanol–water partition coefficient (Wildman–Crippen LogP) is 1.78. The summed E-state index contributed by atoms with van der Waals surface area (Å²) < 4.78 is 5.93. The van der Waals surface area contributed by atoms with Crippen LogP contribution in [-0.2, 0) is 0 Å². The molecule has 3 aromatic carbocycles. The van der Waals surface area contributed by atoms with E-state index < -0.39 is 0 Å². The third-order valence-electron chi connectivity index (χ3n) is 6.92. The molecule has 2 aliphatic rings. The largest absolute Gasteiger partial charge is 0.434 e. The molecule has 7 rings (SSSR count). The zero-order chi connectivity index (χ0) is 32.7. The molecule has 0 fully saturated rings. The van der Waals surface area contributed by atoms with Crippen LogP contribution >= 0.6 is 0 Å². The number of hydrogen-bond acceptors (Lipinski definition) is 15. The monoisotopic (exact) mass is 604 g/mol. The van der Waals surface area contributed by atoms with E-state index in [0.29, 0.717) is 11.1 Å². The minimum atomic E-state index is -0.320. The maximum Gasteiger partial charge on any atom is 0.266 e. The molecule has 15 heteroatoms. The van der Waals surface area contributed by atoms with Gasteiger partial charge in [0.25, 0.3) is 5.89 Å². The highest BCUT2D eigenvalue weighted by molar-refractivity contribution is 5.76. The molecule has 0 bridgehead atoms. The van der Waals surface area contributed by atoms with E-state index >= 15 is 0 Å². The van der Waals surface area contributed by atoms with Crippen molar-refractivity contribution in [3.8, 4) is 70.9 Å². The molecule has 47 heavy (non-hydrogen) atoms. The van der Waals surface area contributed by atoms with Crippen LogP contribution < -0.4 is 21.4 Å². The number of nitriles is 6. The van der Waals surface area contributed by atoms with Gasteiger partial charge < -0.3 is 4.42 Å². The van der Waals surface area contributed by atoms with Gasteiger partial charge in [0, 0.05) is 11.1 Å². The molecule has 0 atom stereocenters. The van der Waals surface area contributed by atoms with Gasteiger partial charge in [-0.05, 0) is 36.4 Å². The number of nitrogens with zero attached hydrogens (tertiary/aromatic N) is 14. The number of rotatable bonds is 3. The third kappa shape index (κ3) is 4.40. The van der Waals surface area contributed by atoms with E-state index in [4.69, 9.17) is 4.42 Å². The maximum atomic E-state index is 10.2. The molecule has 0 radical (unpaired) electrons. The number of allylic oxidation sites excluding steroid dienone is 2. The van der Waals surface area contributed by atoms with Crippen molar-refractivity contribution >= 4 is 11.1 Å². The summed E-state index contributed by atoms with van der Waals surface area (Å²) in [6.45, 7) is 0.